The summed E-state index contributed by atoms with van der Waals surface area (Å²) in [7, 11) is 6.77. The molecule has 15 rings (SSSR count). The van der Waals surface area contributed by atoms with Gasteiger partial charge >= 0.3 is 40.2 Å². The molecule has 0 bridgehead atoms. The first-order valence-corrected chi connectivity index (χ1v) is 34.1. The van der Waals surface area contributed by atoms with E-state index in [1.165, 1.54) is 19.6 Å². The van der Waals surface area contributed by atoms with E-state index in [-0.39, 0.29) is 63.8 Å². The molecule has 6 heterocycles. The monoisotopic (exact) mass is 1760 g/mol. The molecule has 0 spiro atoms. The second-order valence-corrected chi connectivity index (χ2v) is 25.1. The molecule has 0 aliphatic carbocycles. The van der Waals surface area contributed by atoms with Gasteiger partial charge in [-0.25, -0.2) is 12.1 Å². The smallest absolute Gasteiger partial charge is 0.351 e. The fraction of sp³-hybridized carbons (Fsp3) is 0.0435. The van der Waals surface area contributed by atoms with E-state index >= 15 is 0 Å². The summed E-state index contributed by atoms with van der Waals surface area (Å²) in [5.41, 5.74) is 18.4. The SMILES string of the molecule is CN(C(=O)c1cc(C(=O)N(C)c2ccc(-c3[c-]cccc3)nc2)cc(-c2ccccc2-c2ccc(-c3[c-]c[c-]c(-c4ccc(-c5ccccc5-c5cc(C(=O)N(C)c6ccc(-c7[c-]cccc7)nc6)cc(C(=O)N(C)c6ccc(-c7[c-]cccc7)nc6)c5)cn4)c3)nc2)c1)c1ccc(-c2[c-]cccc2)nc1.[Ir+3].[Ir+3]. The number of carbonyl (C=O) groups is 4. The van der Waals surface area contributed by atoms with Crippen LogP contribution in [0, 0.1) is 36.4 Å². The number of hydrogen-bond donors (Lipinski definition) is 0. The molecule has 0 aliphatic rings. The summed E-state index contributed by atoms with van der Waals surface area (Å²) >= 11 is 0. The minimum absolute atomic E-state index is 0. The Morgan fingerprint density at radius 1 is 0.250 bits per heavy atom. The van der Waals surface area contributed by atoms with Gasteiger partial charge < -0.3 is 44.5 Å². The van der Waals surface area contributed by atoms with Crippen molar-refractivity contribution < 1.29 is 59.4 Å². The van der Waals surface area contributed by atoms with E-state index in [4.69, 9.17) is 9.97 Å². The number of anilines is 4. The molecular formula is C92H62Ir2N10O4. The average Bonchev–Trinajstić information content (AvgIpc) is 0.782. The Bertz CT molecular complexity index is 5120. The quantitative estimate of drug-likeness (QED) is 0.0757. The molecule has 0 unspecified atom stereocenters. The standard InChI is InChI=1S/C92H62N10O4.2Ir/c1-99(75-38-44-83(95-57-75)61-22-9-5-10-23-61)89(103)71-49-69(50-72(53-71)90(104)100(2)76-39-45-84(96-58-76)62-24-11-6-12-25-62)81-34-19-17-32-79(81)67-36-42-87(93-55-67)65-30-21-31-66(48-65)88-43-37-68(56-94-88)80-33-18-20-35-82(80)70-51-73(91(105)101(3)77-40-46-85(97-59-77)63-26-13-7-14-27-63)54-74(52-70)92(106)102(4)78-41-47-86(98-60-78)64-28-15-8-16-29-64;;/h5-22,24,26,28,32-60H,1-4H3;;/q-6;2*+3. The summed E-state index contributed by atoms with van der Waals surface area (Å²) in [6.07, 6.45) is 10.2. The van der Waals surface area contributed by atoms with Crippen molar-refractivity contribution in [2.24, 2.45) is 0 Å². The van der Waals surface area contributed by atoms with Crippen LogP contribution >= 0.6 is 0 Å². The van der Waals surface area contributed by atoms with Crippen LogP contribution in [0.15, 0.2) is 304 Å². The Hall–Kier alpha value is -12.9. The van der Waals surface area contributed by atoms with E-state index in [0.717, 1.165) is 55.6 Å². The predicted octanol–water partition coefficient (Wildman–Crippen LogP) is 18.6. The van der Waals surface area contributed by atoms with E-state index in [0.29, 0.717) is 101 Å². The van der Waals surface area contributed by atoms with E-state index < -0.39 is 0 Å². The number of benzene rings is 9. The third-order valence-corrected chi connectivity index (χ3v) is 18.5. The molecule has 16 heteroatoms. The van der Waals surface area contributed by atoms with Crippen LogP contribution in [0.1, 0.15) is 41.4 Å². The summed E-state index contributed by atoms with van der Waals surface area (Å²) < 4.78 is 0. The topological polar surface area (TPSA) is 159 Å². The summed E-state index contributed by atoms with van der Waals surface area (Å²) in [4.78, 5) is 93.9. The van der Waals surface area contributed by atoms with E-state index in [9.17, 15) is 19.2 Å². The third kappa shape index (κ3) is 15.9. The van der Waals surface area contributed by atoms with Gasteiger partial charge in [0.1, 0.15) is 0 Å². The van der Waals surface area contributed by atoms with E-state index in [2.05, 4.69) is 56.3 Å². The molecule has 0 saturated carbocycles. The number of rotatable bonds is 18. The Morgan fingerprint density at radius 2 is 0.500 bits per heavy atom. The fourth-order valence-electron chi connectivity index (χ4n) is 12.6. The van der Waals surface area contributed by atoms with Gasteiger partial charge in [0.2, 0.25) is 0 Å². The van der Waals surface area contributed by atoms with Gasteiger partial charge in [-0.05, 0) is 128 Å². The van der Waals surface area contributed by atoms with Crippen molar-refractivity contribution in [1.29, 1.82) is 0 Å². The molecule has 15 aromatic rings. The number of carbonyl (C=O) groups excluding carboxylic acids is 4. The van der Waals surface area contributed by atoms with Crippen LogP contribution in [0.5, 0.6) is 0 Å². The number of pyridine rings is 6. The van der Waals surface area contributed by atoms with Crippen LogP contribution in [-0.4, -0.2) is 81.7 Å². The first-order chi connectivity index (χ1) is 51.8. The van der Waals surface area contributed by atoms with Gasteiger partial charge in [0.05, 0.1) is 22.7 Å². The van der Waals surface area contributed by atoms with Gasteiger partial charge in [-0.15, -0.1) is 150 Å². The van der Waals surface area contributed by atoms with Crippen LogP contribution in [-0.2, 0) is 40.2 Å². The Balaban J connectivity index is 0.00000514. The van der Waals surface area contributed by atoms with Gasteiger partial charge in [0.25, 0.3) is 23.6 Å². The van der Waals surface area contributed by atoms with Crippen LogP contribution in [0.25, 0.3) is 112 Å². The molecule has 522 valence electrons. The second-order valence-electron chi connectivity index (χ2n) is 25.1. The molecular weight excluding hydrogens is 1690 g/mol. The predicted molar refractivity (Wildman–Crippen MR) is 417 cm³/mol. The average molecular weight is 1760 g/mol. The van der Waals surface area contributed by atoms with Crippen molar-refractivity contribution in [3.8, 4) is 112 Å². The van der Waals surface area contributed by atoms with Crippen LogP contribution in [0.4, 0.5) is 22.7 Å². The summed E-state index contributed by atoms with van der Waals surface area (Å²) in [5.74, 6) is -1.37. The first kappa shape index (κ1) is 73.4. The molecule has 0 N–H and O–H groups in total. The van der Waals surface area contributed by atoms with Crippen LogP contribution in [0.2, 0.25) is 0 Å². The maximum Gasteiger partial charge on any atom is 3.00 e. The fourth-order valence-corrected chi connectivity index (χ4v) is 12.6. The van der Waals surface area contributed by atoms with Gasteiger partial charge in [-0.2, -0.15) is 5.56 Å². The number of hydrogen-bond acceptors (Lipinski definition) is 10. The van der Waals surface area contributed by atoms with Crippen molar-refractivity contribution in [2.75, 3.05) is 47.8 Å². The van der Waals surface area contributed by atoms with Crippen molar-refractivity contribution in [2.45, 2.75) is 0 Å². The van der Waals surface area contributed by atoms with E-state index in [1.54, 1.807) is 71.2 Å². The summed E-state index contributed by atoms with van der Waals surface area (Å²) in [5, 5.41) is 0. The molecule has 0 saturated heterocycles. The second kappa shape index (κ2) is 33.0. The van der Waals surface area contributed by atoms with Crippen molar-refractivity contribution in [3.63, 3.8) is 0 Å². The van der Waals surface area contributed by atoms with Gasteiger partial charge in [-0.1, -0.05) is 90.6 Å². The first-order valence-electron chi connectivity index (χ1n) is 34.1. The zero-order chi connectivity index (χ0) is 72.6. The van der Waals surface area contributed by atoms with Gasteiger partial charge in [-0.3, -0.25) is 41.9 Å². The molecule has 6 aromatic heterocycles. The number of nitrogens with zero attached hydrogens (tertiary/aromatic N) is 10. The Kier molecular flexibility index (Phi) is 22.4. The normalized spacial score (nSPS) is 10.8. The minimum atomic E-state index is -0.342. The Morgan fingerprint density at radius 3 is 0.741 bits per heavy atom. The summed E-state index contributed by atoms with van der Waals surface area (Å²) in [6.45, 7) is 0. The number of amides is 4. The third-order valence-electron chi connectivity index (χ3n) is 18.5. The molecule has 0 atom stereocenters. The van der Waals surface area contributed by atoms with E-state index in [1.807, 2.05) is 261 Å². The van der Waals surface area contributed by atoms with Crippen LogP contribution in [0.3, 0.4) is 0 Å². The van der Waals surface area contributed by atoms with Gasteiger partial charge in [0, 0.05) is 98.9 Å². The maximum absolute atomic E-state index is 14.8. The molecule has 14 nitrogen and oxygen atoms in total. The van der Waals surface area contributed by atoms with Crippen molar-refractivity contribution in [1.82, 2.24) is 29.9 Å². The van der Waals surface area contributed by atoms with Crippen LogP contribution < -0.4 is 19.6 Å². The molecule has 0 radical (unpaired) electrons. The molecule has 0 aliphatic heterocycles. The molecule has 9 aromatic carbocycles. The summed E-state index contributed by atoms with van der Waals surface area (Å²) in [6, 6.07) is 102. The van der Waals surface area contributed by atoms with Crippen molar-refractivity contribution in [3.05, 3.63) is 363 Å². The molecule has 4 amide bonds. The Labute approximate surface area is 653 Å². The molecule has 0 fully saturated rings. The molecule has 108 heavy (non-hydrogen) atoms. The number of aromatic nitrogens is 6. The largest absolute Gasteiger partial charge is 3.00 e. The maximum atomic E-state index is 14.8. The van der Waals surface area contributed by atoms with Crippen molar-refractivity contribution >= 4 is 46.4 Å². The zero-order valence-electron chi connectivity index (χ0n) is 58.6. The minimum Gasteiger partial charge on any atom is -0.351 e. The zero-order valence-corrected chi connectivity index (χ0v) is 63.4. The van der Waals surface area contributed by atoms with Gasteiger partial charge in [0.15, 0.2) is 0 Å².